The highest BCUT2D eigenvalue weighted by atomic mass is 32.1. The zero-order valence-electron chi connectivity index (χ0n) is 16.8. The van der Waals surface area contributed by atoms with Gasteiger partial charge >= 0.3 is 0 Å². The van der Waals surface area contributed by atoms with Gasteiger partial charge in [0.2, 0.25) is 5.91 Å². The molecule has 0 N–H and O–H groups in total. The van der Waals surface area contributed by atoms with Crippen molar-refractivity contribution in [2.75, 3.05) is 26.2 Å². The van der Waals surface area contributed by atoms with E-state index >= 15 is 0 Å². The van der Waals surface area contributed by atoms with Crippen LogP contribution in [-0.2, 0) is 17.8 Å². The van der Waals surface area contributed by atoms with Crippen LogP contribution in [0.2, 0.25) is 0 Å². The molecule has 1 aliphatic rings. The molecule has 4 heterocycles. The summed E-state index contributed by atoms with van der Waals surface area (Å²) in [6.07, 6.45) is 1.24. The molecular weight excluding hydrogens is 370 g/mol. The number of rotatable bonds is 5. The van der Waals surface area contributed by atoms with Crippen molar-refractivity contribution in [3.8, 4) is 0 Å². The van der Waals surface area contributed by atoms with Gasteiger partial charge in [-0.3, -0.25) is 9.69 Å². The summed E-state index contributed by atoms with van der Waals surface area (Å²) >= 11 is 1.74. The lowest BCUT2D eigenvalue weighted by Gasteiger charge is -2.34. The standard InChI is InChI=1S/C21H27N5OS/c1-15-12-20-22-16(2)19(17(3)26(20)23-15)4-5-21(27)25-9-7-24(8-10-25)13-18-6-11-28-14-18/h6,11-12,14H,4-5,7-10,13H2,1-3H3. The molecule has 1 amide bonds. The highest BCUT2D eigenvalue weighted by Crippen LogP contribution is 2.18. The second kappa shape index (κ2) is 8.01. The summed E-state index contributed by atoms with van der Waals surface area (Å²) in [5.74, 6) is 0.241. The Balaban J connectivity index is 1.34. The molecule has 1 aliphatic heterocycles. The second-order valence-corrected chi connectivity index (χ2v) is 8.39. The summed E-state index contributed by atoms with van der Waals surface area (Å²) < 4.78 is 1.89. The first-order valence-electron chi connectivity index (χ1n) is 9.85. The van der Waals surface area contributed by atoms with E-state index in [4.69, 9.17) is 0 Å². The number of piperazine rings is 1. The van der Waals surface area contributed by atoms with Gasteiger partial charge in [0.05, 0.1) is 5.69 Å². The van der Waals surface area contributed by atoms with E-state index in [2.05, 4.69) is 38.7 Å². The second-order valence-electron chi connectivity index (χ2n) is 7.61. The number of carbonyl (C=O) groups excluding carboxylic acids is 1. The molecule has 0 radical (unpaired) electrons. The van der Waals surface area contributed by atoms with Crippen molar-refractivity contribution in [3.63, 3.8) is 0 Å². The van der Waals surface area contributed by atoms with E-state index in [-0.39, 0.29) is 5.91 Å². The normalized spacial score (nSPS) is 15.5. The molecule has 3 aromatic rings. The van der Waals surface area contributed by atoms with E-state index in [1.165, 1.54) is 5.56 Å². The van der Waals surface area contributed by atoms with Gasteiger partial charge in [0.25, 0.3) is 0 Å². The Kier molecular flexibility index (Phi) is 5.46. The fraction of sp³-hybridized carbons (Fsp3) is 0.476. The molecular formula is C21H27N5OS. The smallest absolute Gasteiger partial charge is 0.222 e. The molecule has 1 saturated heterocycles. The number of hydrogen-bond acceptors (Lipinski definition) is 5. The molecule has 148 valence electrons. The molecule has 28 heavy (non-hydrogen) atoms. The molecule has 0 saturated carbocycles. The summed E-state index contributed by atoms with van der Waals surface area (Å²) in [4.78, 5) is 21.9. The van der Waals surface area contributed by atoms with Gasteiger partial charge in [-0.1, -0.05) is 0 Å². The van der Waals surface area contributed by atoms with Crippen LogP contribution in [0.25, 0.3) is 5.65 Å². The number of thiophene rings is 1. The number of aromatic nitrogens is 3. The van der Waals surface area contributed by atoms with Gasteiger partial charge in [0.1, 0.15) is 0 Å². The molecule has 4 rings (SSSR count). The van der Waals surface area contributed by atoms with Crippen LogP contribution in [0, 0.1) is 20.8 Å². The molecule has 0 atom stereocenters. The van der Waals surface area contributed by atoms with Crippen LogP contribution in [0.3, 0.4) is 0 Å². The maximum atomic E-state index is 12.8. The average Bonchev–Trinajstić information content (AvgIpc) is 3.31. The Morgan fingerprint density at radius 3 is 2.68 bits per heavy atom. The molecule has 3 aromatic heterocycles. The van der Waals surface area contributed by atoms with Crippen LogP contribution in [-0.4, -0.2) is 56.5 Å². The van der Waals surface area contributed by atoms with E-state index in [9.17, 15) is 4.79 Å². The maximum absolute atomic E-state index is 12.8. The number of amides is 1. The molecule has 0 aromatic carbocycles. The fourth-order valence-electron chi connectivity index (χ4n) is 3.99. The Bertz CT molecular complexity index is 971. The Labute approximate surface area is 169 Å². The number of nitrogens with zero attached hydrogens (tertiary/aromatic N) is 5. The van der Waals surface area contributed by atoms with Crippen molar-refractivity contribution < 1.29 is 4.79 Å². The fourth-order valence-corrected chi connectivity index (χ4v) is 4.65. The average molecular weight is 398 g/mol. The molecule has 1 fully saturated rings. The highest BCUT2D eigenvalue weighted by Gasteiger charge is 2.22. The largest absolute Gasteiger partial charge is 0.340 e. The van der Waals surface area contributed by atoms with Gasteiger partial charge in [-0.2, -0.15) is 16.4 Å². The predicted molar refractivity (Wildman–Crippen MR) is 112 cm³/mol. The highest BCUT2D eigenvalue weighted by molar-refractivity contribution is 7.07. The summed E-state index contributed by atoms with van der Waals surface area (Å²) in [6, 6.07) is 4.17. The Morgan fingerprint density at radius 2 is 1.96 bits per heavy atom. The van der Waals surface area contributed by atoms with Gasteiger partial charge in [0, 0.05) is 56.6 Å². The molecule has 6 nitrogen and oxygen atoms in total. The lowest BCUT2D eigenvalue weighted by Crippen LogP contribution is -2.48. The third-order valence-corrected chi connectivity index (χ3v) is 6.32. The Morgan fingerprint density at radius 1 is 1.18 bits per heavy atom. The minimum atomic E-state index is 0.241. The topological polar surface area (TPSA) is 53.7 Å². The van der Waals surface area contributed by atoms with E-state index < -0.39 is 0 Å². The molecule has 0 spiro atoms. The first kappa shape index (κ1) is 19.1. The van der Waals surface area contributed by atoms with Crippen molar-refractivity contribution in [2.24, 2.45) is 0 Å². The lowest BCUT2D eigenvalue weighted by molar-refractivity contribution is -0.133. The Hall–Kier alpha value is -2.25. The lowest BCUT2D eigenvalue weighted by atomic mass is 10.1. The van der Waals surface area contributed by atoms with Crippen LogP contribution >= 0.6 is 11.3 Å². The summed E-state index contributed by atoms with van der Waals surface area (Å²) in [5.41, 5.74) is 6.43. The SMILES string of the molecule is Cc1cc2nc(C)c(CCC(=O)N3CCN(Cc4ccsc4)CC3)c(C)n2n1. The van der Waals surface area contributed by atoms with Gasteiger partial charge in [0.15, 0.2) is 5.65 Å². The molecule has 7 heteroatoms. The van der Waals surface area contributed by atoms with E-state index in [1.54, 1.807) is 11.3 Å². The maximum Gasteiger partial charge on any atom is 0.222 e. The van der Waals surface area contributed by atoms with Crippen molar-refractivity contribution in [1.29, 1.82) is 0 Å². The van der Waals surface area contributed by atoms with Crippen molar-refractivity contribution in [1.82, 2.24) is 24.4 Å². The minimum absolute atomic E-state index is 0.241. The van der Waals surface area contributed by atoms with Gasteiger partial charge in [-0.05, 0) is 55.1 Å². The van der Waals surface area contributed by atoms with Gasteiger partial charge in [-0.25, -0.2) is 9.50 Å². The van der Waals surface area contributed by atoms with Crippen LogP contribution in [0.1, 0.15) is 34.6 Å². The molecule has 0 unspecified atom stereocenters. The monoisotopic (exact) mass is 397 g/mol. The van der Waals surface area contributed by atoms with Crippen molar-refractivity contribution in [2.45, 2.75) is 40.2 Å². The van der Waals surface area contributed by atoms with Crippen LogP contribution < -0.4 is 0 Å². The molecule has 0 aliphatic carbocycles. The van der Waals surface area contributed by atoms with Crippen LogP contribution in [0.5, 0.6) is 0 Å². The van der Waals surface area contributed by atoms with Crippen molar-refractivity contribution in [3.05, 3.63) is 51.1 Å². The van der Waals surface area contributed by atoms with Crippen LogP contribution in [0.15, 0.2) is 22.9 Å². The minimum Gasteiger partial charge on any atom is -0.340 e. The molecule has 0 bridgehead atoms. The summed E-state index contributed by atoms with van der Waals surface area (Å²) in [6.45, 7) is 10.6. The number of hydrogen-bond donors (Lipinski definition) is 0. The first-order chi connectivity index (χ1) is 13.5. The quantitative estimate of drug-likeness (QED) is 0.664. The van der Waals surface area contributed by atoms with Crippen LogP contribution in [0.4, 0.5) is 0 Å². The number of fused-ring (bicyclic) bond motifs is 1. The van der Waals surface area contributed by atoms with Gasteiger partial charge < -0.3 is 4.90 Å². The first-order valence-corrected chi connectivity index (χ1v) is 10.8. The van der Waals surface area contributed by atoms with E-state index in [0.29, 0.717) is 12.8 Å². The van der Waals surface area contributed by atoms with E-state index in [0.717, 1.165) is 61.0 Å². The van der Waals surface area contributed by atoms with Gasteiger partial charge in [-0.15, -0.1) is 0 Å². The third kappa shape index (κ3) is 3.95. The van der Waals surface area contributed by atoms with Crippen molar-refractivity contribution >= 4 is 22.9 Å². The number of carbonyl (C=O) groups is 1. The van der Waals surface area contributed by atoms with E-state index in [1.807, 2.05) is 29.3 Å². The zero-order valence-corrected chi connectivity index (χ0v) is 17.6. The third-order valence-electron chi connectivity index (χ3n) is 5.59. The summed E-state index contributed by atoms with van der Waals surface area (Å²) in [7, 11) is 0. The summed E-state index contributed by atoms with van der Waals surface area (Å²) in [5, 5.41) is 8.85. The predicted octanol–water partition coefficient (Wildman–Crippen LogP) is 2.99. The number of aryl methyl sites for hydroxylation is 3. The zero-order chi connectivity index (χ0) is 19.7.